The third-order valence-electron chi connectivity index (χ3n) is 4.36. The number of carboxylic acid groups (broad SMARTS) is 1. The number of benzene rings is 1. The third kappa shape index (κ3) is 4.58. The van der Waals surface area contributed by atoms with Crippen LogP contribution in [-0.2, 0) is 22.6 Å². The highest BCUT2D eigenvalue weighted by Crippen LogP contribution is 2.37. The molecule has 0 bridgehead atoms. The Labute approximate surface area is 166 Å². The summed E-state index contributed by atoms with van der Waals surface area (Å²) in [7, 11) is 0. The number of carboxylic acids is 1. The van der Waals surface area contributed by atoms with Crippen molar-refractivity contribution in [1.29, 1.82) is 0 Å². The van der Waals surface area contributed by atoms with Crippen LogP contribution in [0.4, 0.5) is 0 Å². The number of fused-ring (bicyclic) bond motifs is 1. The molecule has 7 heteroatoms. The largest absolute Gasteiger partial charge is 0.480 e. The number of nitrogens with zero attached hydrogens (tertiary/aromatic N) is 1. The Balaban J connectivity index is 1.79. The van der Waals surface area contributed by atoms with Crippen molar-refractivity contribution in [3.63, 3.8) is 0 Å². The van der Waals surface area contributed by atoms with Gasteiger partial charge in [-0.15, -0.1) is 11.3 Å². The van der Waals surface area contributed by atoms with Crippen LogP contribution in [0.2, 0.25) is 5.02 Å². The number of carbonyl (C=O) groups excluding carboxylic acids is 1. The van der Waals surface area contributed by atoms with Gasteiger partial charge in [-0.25, -0.2) is 4.79 Å². The van der Waals surface area contributed by atoms with Gasteiger partial charge in [0.25, 0.3) is 0 Å². The molecule has 0 aliphatic carbocycles. The van der Waals surface area contributed by atoms with Crippen molar-refractivity contribution in [2.75, 3.05) is 6.54 Å². The Morgan fingerprint density at radius 1 is 1.41 bits per heavy atom. The van der Waals surface area contributed by atoms with Crippen LogP contribution in [-0.4, -0.2) is 28.5 Å². The number of allylic oxidation sites excluding steroid dienone is 1. The van der Waals surface area contributed by atoms with E-state index < -0.39 is 18.0 Å². The number of esters is 1. The maximum absolute atomic E-state index is 11.9. The first kappa shape index (κ1) is 19.6. The minimum Gasteiger partial charge on any atom is -0.480 e. The van der Waals surface area contributed by atoms with Crippen molar-refractivity contribution in [2.24, 2.45) is 0 Å². The lowest BCUT2D eigenvalue weighted by Gasteiger charge is -2.32. The molecule has 1 aliphatic heterocycles. The second kappa shape index (κ2) is 8.69. The topological polar surface area (TPSA) is 66.8 Å². The molecule has 27 heavy (non-hydrogen) atoms. The lowest BCUT2D eigenvalue weighted by Crippen LogP contribution is -2.37. The molecule has 1 unspecified atom stereocenters. The number of carbonyl (C=O) groups is 2. The molecule has 2 aromatic rings. The Hall–Kier alpha value is -2.15. The van der Waals surface area contributed by atoms with Crippen LogP contribution in [0.5, 0.6) is 5.06 Å². The molecule has 1 aliphatic rings. The SMILES string of the molecule is CC/C=C/C(=O)Oc1cc2c(s1)CCN(C(C(=O)O)c1ccccc1Cl)C2. The number of halogens is 1. The van der Waals surface area contributed by atoms with E-state index in [0.717, 1.165) is 16.9 Å². The number of thiophene rings is 1. The van der Waals surface area contributed by atoms with Crippen LogP contribution >= 0.6 is 22.9 Å². The van der Waals surface area contributed by atoms with Gasteiger partial charge in [0.15, 0.2) is 5.06 Å². The fourth-order valence-corrected chi connectivity index (χ4v) is 4.38. The van der Waals surface area contributed by atoms with Gasteiger partial charge < -0.3 is 9.84 Å². The summed E-state index contributed by atoms with van der Waals surface area (Å²) in [5, 5.41) is 10.8. The molecule has 2 heterocycles. The minimum atomic E-state index is -0.932. The second-order valence-corrected chi connectivity index (χ2v) is 7.73. The quantitative estimate of drug-likeness (QED) is 0.567. The first-order valence-electron chi connectivity index (χ1n) is 8.70. The van der Waals surface area contributed by atoms with E-state index in [1.807, 2.05) is 17.9 Å². The van der Waals surface area contributed by atoms with E-state index in [1.54, 1.807) is 30.3 Å². The van der Waals surface area contributed by atoms with E-state index in [0.29, 0.717) is 35.2 Å². The van der Waals surface area contributed by atoms with Crippen LogP contribution in [0.3, 0.4) is 0 Å². The molecule has 3 rings (SSSR count). The zero-order valence-electron chi connectivity index (χ0n) is 14.9. The van der Waals surface area contributed by atoms with Crippen LogP contribution in [0, 0.1) is 0 Å². The monoisotopic (exact) mass is 405 g/mol. The number of hydrogen-bond donors (Lipinski definition) is 1. The van der Waals surface area contributed by atoms with Crippen molar-refractivity contribution in [2.45, 2.75) is 32.4 Å². The highest BCUT2D eigenvalue weighted by molar-refractivity contribution is 7.14. The molecule has 142 valence electrons. The van der Waals surface area contributed by atoms with Crippen LogP contribution in [0.25, 0.3) is 0 Å². The van der Waals surface area contributed by atoms with Crippen molar-refractivity contribution in [3.05, 3.63) is 63.5 Å². The molecule has 0 fully saturated rings. The van der Waals surface area contributed by atoms with E-state index >= 15 is 0 Å². The number of ether oxygens (including phenoxy) is 1. The Bertz CT molecular complexity index is 877. The number of aliphatic carboxylic acids is 1. The van der Waals surface area contributed by atoms with Gasteiger partial charge in [0.2, 0.25) is 0 Å². The van der Waals surface area contributed by atoms with Gasteiger partial charge in [0.1, 0.15) is 6.04 Å². The summed E-state index contributed by atoms with van der Waals surface area (Å²) in [4.78, 5) is 26.7. The highest BCUT2D eigenvalue weighted by atomic mass is 35.5. The van der Waals surface area contributed by atoms with Gasteiger partial charge in [-0.1, -0.05) is 42.8 Å². The molecule has 0 saturated carbocycles. The highest BCUT2D eigenvalue weighted by Gasteiger charge is 2.32. The minimum absolute atomic E-state index is 0.396. The fraction of sp³-hybridized carbons (Fsp3) is 0.300. The van der Waals surface area contributed by atoms with Gasteiger partial charge >= 0.3 is 11.9 Å². The van der Waals surface area contributed by atoms with E-state index in [9.17, 15) is 14.7 Å². The molecular formula is C20H20ClNO4S. The Morgan fingerprint density at radius 2 is 2.19 bits per heavy atom. The zero-order valence-corrected chi connectivity index (χ0v) is 16.4. The molecule has 5 nitrogen and oxygen atoms in total. The fourth-order valence-electron chi connectivity index (χ4n) is 3.13. The predicted octanol–water partition coefficient (Wildman–Crippen LogP) is 4.46. The van der Waals surface area contributed by atoms with E-state index in [1.165, 1.54) is 17.4 Å². The van der Waals surface area contributed by atoms with Crippen molar-refractivity contribution in [1.82, 2.24) is 4.90 Å². The molecule has 1 aromatic carbocycles. The van der Waals surface area contributed by atoms with Gasteiger partial charge in [0.05, 0.1) is 0 Å². The summed E-state index contributed by atoms with van der Waals surface area (Å²) < 4.78 is 5.35. The lowest BCUT2D eigenvalue weighted by molar-refractivity contribution is -0.144. The lowest BCUT2D eigenvalue weighted by atomic mass is 10.0. The number of rotatable bonds is 6. The molecule has 0 saturated heterocycles. The predicted molar refractivity (Wildman–Crippen MR) is 105 cm³/mol. The van der Waals surface area contributed by atoms with E-state index in [2.05, 4.69) is 0 Å². The van der Waals surface area contributed by atoms with Crippen LogP contribution in [0.1, 0.15) is 35.4 Å². The molecule has 1 atom stereocenters. The van der Waals surface area contributed by atoms with Crippen molar-refractivity contribution >= 4 is 34.9 Å². The summed E-state index contributed by atoms with van der Waals surface area (Å²) in [5.74, 6) is -1.33. The molecule has 1 aromatic heterocycles. The Morgan fingerprint density at radius 3 is 2.89 bits per heavy atom. The molecular weight excluding hydrogens is 386 g/mol. The maximum atomic E-state index is 11.9. The summed E-state index contributed by atoms with van der Waals surface area (Å²) in [5.41, 5.74) is 1.58. The van der Waals surface area contributed by atoms with Crippen molar-refractivity contribution < 1.29 is 19.4 Å². The van der Waals surface area contributed by atoms with Gasteiger partial charge in [-0.2, -0.15) is 0 Å². The van der Waals surface area contributed by atoms with Crippen molar-refractivity contribution in [3.8, 4) is 5.06 Å². The molecule has 0 radical (unpaired) electrons. The third-order valence-corrected chi connectivity index (χ3v) is 5.82. The first-order chi connectivity index (χ1) is 13.0. The Kier molecular flexibility index (Phi) is 6.31. The smallest absolute Gasteiger partial charge is 0.336 e. The van der Waals surface area contributed by atoms with Crippen LogP contribution in [0.15, 0.2) is 42.5 Å². The van der Waals surface area contributed by atoms with Gasteiger partial charge in [0, 0.05) is 29.1 Å². The molecule has 0 amide bonds. The van der Waals surface area contributed by atoms with Gasteiger partial charge in [-0.3, -0.25) is 9.69 Å². The molecule has 1 N–H and O–H groups in total. The normalized spacial score (nSPS) is 15.5. The second-order valence-electron chi connectivity index (χ2n) is 6.23. The van der Waals surface area contributed by atoms with Crippen LogP contribution < -0.4 is 4.74 Å². The summed E-state index contributed by atoms with van der Waals surface area (Å²) in [6.45, 7) is 3.01. The van der Waals surface area contributed by atoms with Gasteiger partial charge in [-0.05, 0) is 36.1 Å². The maximum Gasteiger partial charge on any atom is 0.336 e. The first-order valence-corrected chi connectivity index (χ1v) is 9.90. The summed E-state index contributed by atoms with van der Waals surface area (Å²) in [6, 6.07) is 8.04. The summed E-state index contributed by atoms with van der Waals surface area (Å²) in [6.07, 6.45) is 4.64. The number of hydrogen-bond acceptors (Lipinski definition) is 5. The van der Waals surface area contributed by atoms with E-state index in [4.69, 9.17) is 16.3 Å². The molecule has 0 spiro atoms. The standard InChI is InChI=1S/C20H20ClNO4S/c1-2-3-8-17(23)26-18-11-13-12-22(10-9-16(13)27-18)19(20(24)25)14-6-4-5-7-15(14)21/h3-8,11,19H,2,9-10,12H2,1H3,(H,24,25)/b8-3+. The summed E-state index contributed by atoms with van der Waals surface area (Å²) >= 11 is 7.67. The average Bonchev–Trinajstić information content (AvgIpc) is 3.03. The van der Waals surface area contributed by atoms with E-state index in [-0.39, 0.29) is 0 Å². The average molecular weight is 406 g/mol. The zero-order chi connectivity index (χ0) is 19.4.